The van der Waals surface area contributed by atoms with Gasteiger partial charge in [-0.3, -0.25) is 4.79 Å². The molecule has 148 valence electrons. The summed E-state index contributed by atoms with van der Waals surface area (Å²) in [5.41, 5.74) is 0. The quantitative estimate of drug-likeness (QED) is 0.317. The largest absolute Gasteiger partial charge is 0.480 e. The number of aliphatic hydroxyl groups excluding tert-OH is 1. The molecule has 0 aliphatic rings. The molecule has 5 heteroatoms. The summed E-state index contributed by atoms with van der Waals surface area (Å²) >= 11 is 0. The molecule has 0 aromatic heterocycles. The SMILES string of the molecule is CCCCCCCCCCCCCCCC(=O)N[C@@H](CCO)C(=O)O. The lowest BCUT2D eigenvalue weighted by molar-refractivity contribution is -0.142. The number of carboxylic acid groups (broad SMARTS) is 1. The van der Waals surface area contributed by atoms with Gasteiger partial charge in [-0.25, -0.2) is 4.79 Å². The second-order valence-electron chi connectivity index (χ2n) is 6.96. The molecular weight excluding hydrogens is 318 g/mol. The molecule has 0 saturated carbocycles. The predicted octanol–water partition coefficient (Wildman–Crippen LogP) is 4.42. The Kier molecular flexibility index (Phi) is 16.9. The van der Waals surface area contributed by atoms with Crippen LogP contribution in [0.4, 0.5) is 0 Å². The molecule has 1 amide bonds. The number of hydrogen-bond acceptors (Lipinski definition) is 3. The molecule has 0 aromatic carbocycles. The standard InChI is InChI=1S/C20H39NO4/c1-2-3-4-5-6-7-8-9-10-11-12-13-14-15-19(23)21-18(16-17-22)20(24)25/h18,22H,2-17H2,1H3,(H,21,23)(H,24,25)/t18-/m0/s1. The Morgan fingerprint density at radius 1 is 0.800 bits per heavy atom. The minimum atomic E-state index is -1.09. The molecule has 0 rings (SSSR count). The maximum Gasteiger partial charge on any atom is 0.326 e. The van der Waals surface area contributed by atoms with E-state index in [1.165, 1.54) is 64.2 Å². The van der Waals surface area contributed by atoms with Crippen molar-refractivity contribution in [3.8, 4) is 0 Å². The number of nitrogens with one attached hydrogen (secondary N) is 1. The van der Waals surface area contributed by atoms with Crippen LogP contribution in [0.5, 0.6) is 0 Å². The number of aliphatic hydroxyl groups is 1. The first-order valence-corrected chi connectivity index (χ1v) is 10.2. The zero-order chi connectivity index (χ0) is 18.8. The highest BCUT2D eigenvalue weighted by Gasteiger charge is 2.18. The number of carboxylic acids is 1. The molecule has 1 atom stereocenters. The smallest absolute Gasteiger partial charge is 0.326 e. The normalized spacial score (nSPS) is 12.1. The highest BCUT2D eigenvalue weighted by atomic mass is 16.4. The second-order valence-corrected chi connectivity index (χ2v) is 6.96. The summed E-state index contributed by atoms with van der Waals surface area (Å²) in [5.74, 6) is -1.32. The lowest BCUT2D eigenvalue weighted by Gasteiger charge is -2.12. The van der Waals surface area contributed by atoms with E-state index in [0.29, 0.717) is 6.42 Å². The van der Waals surface area contributed by atoms with Crippen molar-refractivity contribution < 1.29 is 19.8 Å². The first-order valence-electron chi connectivity index (χ1n) is 10.2. The van der Waals surface area contributed by atoms with E-state index < -0.39 is 12.0 Å². The van der Waals surface area contributed by atoms with E-state index in [-0.39, 0.29) is 18.9 Å². The first kappa shape index (κ1) is 23.9. The Labute approximate surface area is 153 Å². The Bertz CT molecular complexity index is 334. The summed E-state index contributed by atoms with van der Waals surface area (Å²) in [7, 11) is 0. The van der Waals surface area contributed by atoms with Crippen LogP contribution in [0.25, 0.3) is 0 Å². The molecule has 0 aliphatic heterocycles. The zero-order valence-corrected chi connectivity index (χ0v) is 16.1. The topological polar surface area (TPSA) is 86.6 Å². The summed E-state index contributed by atoms with van der Waals surface area (Å²) in [4.78, 5) is 22.6. The van der Waals surface area contributed by atoms with Crippen molar-refractivity contribution in [2.24, 2.45) is 0 Å². The van der Waals surface area contributed by atoms with Crippen LogP contribution in [0.15, 0.2) is 0 Å². The molecule has 0 unspecified atom stereocenters. The molecule has 0 aliphatic carbocycles. The van der Waals surface area contributed by atoms with Gasteiger partial charge in [-0.05, 0) is 6.42 Å². The third kappa shape index (κ3) is 16.1. The average Bonchev–Trinajstić information content (AvgIpc) is 2.58. The molecular formula is C20H39NO4. The molecule has 3 N–H and O–H groups in total. The minimum Gasteiger partial charge on any atom is -0.480 e. The molecule has 5 nitrogen and oxygen atoms in total. The van der Waals surface area contributed by atoms with Gasteiger partial charge in [-0.1, -0.05) is 84.0 Å². The third-order valence-electron chi connectivity index (χ3n) is 4.56. The number of aliphatic carboxylic acids is 1. The Balaban J connectivity index is 3.37. The Morgan fingerprint density at radius 2 is 1.24 bits per heavy atom. The molecule has 0 spiro atoms. The number of carbonyl (C=O) groups excluding carboxylic acids is 1. The van der Waals surface area contributed by atoms with Gasteiger partial charge in [0.2, 0.25) is 5.91 Å². The highest BCUT2D eigenvalue weighted by Crippen LogP contribution is 2.13. The van der Waals surface area contributed by atoms with Crippen LogP contribution in [0.2, 0.25) is 0 Å². The fourth-order valence-electron chi connectivity index (χ4n) is 2.96. The lowest BCUT2D eigenvalue weighted by Crippen LogP contribution is -2.41. The molecule has 0 bridgehead atoms. The average molecular weight is 358 g/mol. The fourth-order valence-corrected chi connectivity index (χ4v) is 2.96. The van der Waals surface area contributed by atoms with Gasteiger partial charge < -0.3 is 15.5 Å². The fraction of sp³-hybridized carbons (Fsp3) is 0.900. The summed E-state index contributed by atoms with van der Waals surface area (Å²) < 4.78 is 0. The van der Waals surface area contributed by atoms with E-state index in [1.54, 1.807) is 0 Å². The van der Waals surface area contributed by atoms with E-state index in [0.717, 1.165) is 19.3 Å². The van der Waals surface area contributed by atoms with Gasteiger partial charge in [-0.15, -0.1) is 0 Å². The van der Waals surface area contributed by atoms with Crippen LogP contribution in [0.1, 0.15) is 103 Å². The Morgan fingerprint density at radius 3 is 1.64 bits per heavy atom. The van der Waals surface area contributed by atoms with E-state index in [1.807, 2.05) is 0 Å². The van der Waals surface area contributed by atoms with Gasteiger partial charge in [0, 0.05) is 19.4 Å². The van der Waals surface area contributed by atoms with Crippen LogP contribution in [0, 0.1) is 0 Å². The van der Waals surface area contributed by atoms with Gasteiger partial charge in [0.25, 0.3) is 0 Å². The molecule has 0 aromatic rings. The van der Waals surface area contributed by atoms with Gasteiger partial charge in [0.15, 0.2) is 0 Å². The number of amides is 1. The van der Waals surface area contributed by atoms with Crippen molar-refractivity contribution in [2.75, 3.05) is 6.61 Å². The first-order chi connectivity index (χ1) is 12.1. The van der Waals surface area contributed by atoms with Crippen LogP contribution in [-0.4, -0.2) is 34.7 Å². The van der Waals surface area contributed by atoms with Crippen LogP contribution in [-0.2, 0) is 9.59 Å². The van der Waals surface area contributed by atoms with Crippen LogP contribution in [0.3, 0.4) is 0 Å². The van der Waals surface area contributed by atoms with Crippen molar-refractivity contribution in [3.05, 3.63) is 0 Å². The molecule has 0 radical (unpaired) electrons. The van der Waals surface area contributed by atoms with Crippen LogP contribution < -0.4 is 5.32 Å². The van der Waals surface area contributed by atoms with E-state index >= 15 is 0 Å². The molecule has 0 saturated heterocycles. The monoisotopic (exact) mass is 357 g/mol. The van der Waals surface area contributed by atoms with Gasteiger partial charge in [0.1, 0.15) is 6.04 Å². The highest BCUT2D eigenvalue weighted by molar-refractivity contribution is 5.83. The van der Waals surface area contributed by atoms with E-state index in [2.05, 4.69) is 12.2 Å². The maximum absolute atomic E-state index is 11.7. The van der Waals surface area contributed by atoms with Crippen molar-refractivity contribution in [3.63, 3.8) is 0 Å². The number of carbonyl (C=O) groups is 2. The number of unbranched alkanes of at least 4 members (excludes halogenated alkanes) is 12. The summed E-state index contributed by atoms with van der Waals surface area (Å²) in [6.45, 7) is 2.01. The van der Waals surface area contributed by atoms with Gasteiger partial charge >= 0.3 is 5.97 Å². The summed E-state index contributed by atoms with van der Waals surface area (Å²) in [6.07, 6.45) is 16.7. The van der Waals surface area contributed by atoms with Crippen molar-refractivity contribution in [1.29, 1.82) is 0 Å². The van der Waals surface area contributed by atoms with Gasteiger partial charge in [0.05, 0.1) is 0 Å². The molecule has 0 fully saturated rings. The van der Waals surface area contributed by atoms with E-state index in [4.69, 9.17) is 10.2 Å². The summed E-state index contributed by atoms with van der Waals surface area (Å²) in [6, 6.07) is -0.973. The van der Waals surface area contributed by atoms with E-state index in [9.17, 15) is 9.59 Å². The molecule has 25 heavy (non-hydrogen) atoms. The second kappa shape index (κ2) is 17.7. The van der Waals surface area contributed by atoms with Crippen molar-refractivity contribution in [2.45, 2.75) is 109 Å². The zero-order valence-electron chi connectivity index (χ0n) is 16.1. The van der Waals surface area contributed by atoms with Crippen LogP contribution >= 0.6 is 0 Å². The summed E-state index contributed by atoms with van der Waals surface area (Å²) in [5, 5.41) is 20.2. The molecule has 0 heterocycles. The van der Waals surface area contributed by atoms with Gasteiger partial charge in [-0.2, -0.15) is 0 Å². The number of rotatable bonds is 18. The Hall–Kier alpha value is -1.10. The van der Waals surface area contributed by atoms with Crippen molar-refractivity contribution >= 4 is 11.9 Å². The maximum atomic E-state index is 11.7. The minimum absolute atomic E-state index is 0.0552. The predicted molar refractivity (Wildman–Crippen MR) is 102 cm³/mol. The van der Waals surface area contributed by atoms with Crippen molar-refractivity contribution in [1.82, 2.24) is 5.32 Å². The number of hydrogen-bond donors (Lipinski definition) is 3. The lowest BCUT2D eigenvalue weighted by atomic mass is 10.0. The third-order valence-corrected chi connectivity index (χ3v) is 4.56.